The Morgan fingerprint density at radius 1 is 1.47 bits per heavy atom. The smallest absolute Gasteiger partial charge is 0.339 e. The molecule has 1 aromatic heterocycles. The van der Waals surface area contributed by atoms with Crippen LogP contribution in [0.3, 0.4) is 0 Å². The van der Waals surface area contributed by atoms with Crippen molar-refractivity contribution in [2.75, 3.05) is 0 Å². The highest BCUT2D eigenvalue weighted by Crippen LogP contribution is 2.60. The summed E-state index contributed by atoms with van der Waals surface area (Å²) in [6.45, 7) is 5.20. The van der Waals surface area contributed by atoms with Gasteiger partial charge in [0.15, 0.2) is 5.76 Å². The van der Waals surface area contributed by atoms with Crippen LogP contribution in [0.2, 0.25) is 0 Å². The fourth-order valence-electron chi connectivity index (χ4n) is 1.74. The van der Waals surface area contributed by atoms with Crippen LogP contribution in [-0.2, 0) is 9.72 Å². The summed E-state index contributed by atoms with van der Waals surface area (Å²) in [6, 6.07) is 1.59. The summed E-state index contributed by atoms with van der Waals surface area (Å²) in [5, 5.41) is 2.45. The van der Waals surface area contributed by atoms with Crippen molar-refractivity contribution in [3.63, 3.8) is 0 Å². The van der Waals surface area contributed by atoms with Crippen molar-refractivity contribution in [3.05, 3.63) is 17.5 Å². The minimum absolute atomic E-state index is 0.276. The Kier molecular flexibility index (Phi) is 3.38. The van der Waals surface area contributed by atoms with E-state index >= 15 is 0 Å². The third-order valence-electron chi connectivity index (χ3n) is 2.81. The van der Waals surface area contributed by atoms with Crippen LogP contribution in [-0.4, -0.2) is 14.9 Å². The molecule has 0 amide bonds. The van der Waals surface area contributed by atoms with Gasteiger partial charge in [0.1, 0.15) is 5.16 Å². The standard InChI is InChI=1S/C9H16NO4P/c1-4-9(5-2,15(11,12)13)8-6-7(3)10-14-8/h6H,4-5H2,1-3H3,(H2,11,12,13). The van der Waals surface area contributed by atoms with E-state index in [2.05, 4.69) is 5.16 Å². The van der Waals surface area contributed by atoms with Crippen molar-refractivity contribution >= 4 is 7.60 Å². The second kappa shape index (κ2) is 4.08. The molecule has 0 aliphatic carbocycles. The summed E-state index contributed by atoms with van der Waals surface area (Å²) in [5.74, 6) is 0.276. The van der Waals surface area contributed by atoms with E-state index < -0.39 is 12.8 Å². The quantitative estimate of drug-likeness (QED) is 0.778. The first-order valence-corrected chi connectivity index (χ1v) is 6.48. The van der Waals surface area contributed by atoms with Gasteiger partial charge in [-0.25, -0.2) is 0 Å². The Hall–Kier alpha value is -0.640. The summed E-state index contributed by atoms with van der Waals surface area (Å²) < 4.78 is 16.5. The SMILES string of the molecule is CCC(CC)(c1cc(C)no1)P(=O)(O)O. The molecule has 5 nitrogen and oxygen atoms in total. The molecule has 0 aliphatic rings. The van der Waals surface area contributed by atoms with Gasteiger partial charge >= 0.3 is 7.60 Å². The van der Waals surface area contributed by atoms with Crippen molar-refractivity contribution in [1.82, 2.24) is 5.16 Å². The van der Waals surface area contributed by atoms with Gasteiger partial charge < -0.3 is 14.3 Å². The molecule has 0 saturated heterocycles. The molecule has 6 heteroatoms. The maximum absolute atomic E-state index is 11.5. The molecule has 1 rings (SSSR count). The van der Waals surface area contributed by atoms with Gasteiger partial charge in [0.2, 0.25) is 0 Å². The third-order valence-corrected chi connectivity index (χ3v) is 4.78. The van der Waals surface area contributed by atoms with E-state index in [0.29, 0.717) is 18.5 Å². The third kappa shape index (κ3) is 2.00. The first kappa shape index (κ1) is 12.4. The summed E-state index contributed by atoms with van der Waals surface area (Å²) >= 11 is 0. The molecule has 1 aromatic rings. The van der Waals surface area contributed by atoms with Crippen molar-refractivity contribution < 1.29 is 18.9 Å². The molecule has 15 heavy (non-hydrogen) atoms. The zero-order valence-electron chi connectivity index (χ0n) is 9.10. The first-order valence-electron chi connectivity index (χ1n) is 4.87. The fraction of sp³-hybridized carbons (Fsp3) is 0.667. The Bertz CT molecular complexity index is 377. The van der Waals surface area contributed by atoms with Crippen LogP contribution in [0.1, 0.15) is 38.1 Å². The number of nitrogens with zero attached hydrogens (tertiary/aromatic N) is 1. The summed E-state index contributed by atoms with van der Waals surface area (Å²) in [4.78, 5) is 18.8. The summed E-state index contributed by atoms with van der Waals surface area (Å²) in [5.41, 5.74) is 0.629. The number of hydrogen-bond donors (Lipinski definition) is 2. The monoisotopic (exact) mass is 233 g/mol. The Labute approximate surface area is 88.6 Å². The molecular formula is C9H16NO4P. The Morgan fingerprint density at radius 2 is 2.00 bits per heavy atom. The van der Waals surface area contributed by atoms with Gasteiger partial charge in [0, 0.05) is 6.07 Å². The van der Waals surface area contributed by atoms with Crippen LogP contribution in [0.15, 0.2) is 10.6 Å². The molecule has 0 fully saturated rings. The lowest BCUT2D eigenvalue weighted by molar-refractivity contribution is 0.269. The Balaban J connectivity index is 3.29. The predicted octanol–water partition coefficient (Wildman–Crippen LogP) is 2.18. The number of rotatable bonds is 4. The number of hydrogen-bond acceptors (Lipinski definition) is 3. The van der Waals surface area contributed by atoms with E-state index in [-0.39, 0.29) is 5.76 Å². The van der Waals surface area contributed by atoms with Gasteiger partial charge in [-0.05, 0) is 19.8 Å². The van der Waals surface area contributed by atoms with Crippen LogP contribution < -0.4 is 0 Å². The lowest BCUT2D eigenvalue weighted by Gasteiger charge is -2.29. The Morgan fingerprint density at radius 3 is 2.27 bits per heavy atom. The van der Waals surface area contributed by atoms with Gasteiger partial charge in [-0.3, -0.25) is 4.57 Å². The zero-order chi connectivity index (χ0) is 11.7. The van der Waals surface area contributed by atoms with Crippen molar-refractivity contribution in [1.29, 1.82) is 0 Å². The summed E-state index contributed by atoms with van der Waals surface area (Å²) in [7, 11) is -4.25. The van der Waals surface area contributed by atoms with Crippen LogP contribution in [0.25, 0.3) is 0 Å². The molecule has 0 aliphatic heterocycles. The molecule has 0 spiro atoms. The van der Waals surface area contributed by atoms with E-state index in [0.717, 1.165) is 0 Å². The minimum Gasteiger partial charge on any atom is -0.360 e. The largest absolute Gasteiger partial charge is 0.360 e. The minimum atomic E-state index is -4.25. The number of aryl methyl sites for hydroxylation is 1. The summed E-state index contributed by atoms with van der Waals surface area (Å²) in [6.07, 6.45) is 0.644. The molecule has 0 unspecified atom stereocenters. The van der Waals surface area contributed by atoms with E-state index in [1.54, 1.807) is 26.8 Å². The average molecular weight is 233 g/mol. The van der Waals surface area contributed by atoms with Crippen LogP contribution in [0.4, 0.5) is 0 Å². The highest BCUT2D eigenvalue weighted by atomic mass is 31.2. The highest BCUT2D eigenvalue weighted by Gasteiger charge is 2.48. The molecule has 0 bridgehead atoms. The molecular weight excluding hydrogens is 217 g/mol. The second-order valence-corrected chi connectivity index (χ2v) is 5.56. The van der Waals surface area contributed by atoms with E-state index in [4.69, 9.17) is 4.52 Å². The molecule has 2 N–H and O–H groups in total. The molecule has 86 valence electrons. The maximum Gasteiger partial charge on any atom is 0.339 e. The lowest BCUT2D eigenvalue weighted by Crippen LogP contribution is -2.23. The van der Waals surface area contributed by atoms with E-state index in [1.165, 1.54) is 0 Å². The van der Waals surface area contributed by atoms with Crippen molar-refractivity contribution in [3.8, 4) is 0 Å². The van der Waals surface area contributed by atoms with E-state index in [1.807, 2.05) is 0 Å². The van der Waals surface area contributed by atoms with Gasteiger partial charge in [-0.2, -0.15) is 0 Å². The molecule has 0 aromatic carbocycles. The first-order chi connectivity index (χ1) is 6.87. The van der Waals surface area contributed by atoms with Crippen LogP contribution in [0.5, 0.6) is 0 Å². The topological polar surface area (TPSA) is 83.6 Å². The maximum atomic E-state index is 11.5. The molecule has 0 saturated carbocycles. The van der Waals surface area contributed by atoms with Gasteiger partial charge in [-0.15, -0.1) is 0 Å². The predicted molar refractivity (Wildman–Crippen MR) is 55.5 cm³/mol. The van der Waals surface area contributed by atoms with Gasteiger partial charge in [-0.1, -0.05) is 19.0 Å². The normalized spacial score (nSPS) is 13.1. The average Bonchev–Trinajstić information content (AvgIpc) is 2.53. The molecule has 1 heterocycles. The zero-order valence-corrected chi connectivity index (χ0v) is 9.99. The van der Waals surface area contributed by atoms with Gasteiger partial charge in [0.05, 0.1) is 5.69 Å². The van der Waals surface area contributed by atoms with E-state index in [9.17, 15) is 14.4 Å². The van der Waals surface area contributed by atoms with Crippen LogP contribution >= 0.6 is 7.60 Å². The highest BCUT2D eigenvalue weighted by molar-refractivity contribution is 7.53. The van der Waals surface area contributed by atoms with Crippen molar-refractivity contribution in [2.24, 2.45) is 0 Å². The fourth-order valence-corrected chi connectivity index (χ4v) is 2.95. The number of aromatic nitrogens is 1. The molecule has 0 radical (unpaired) electrons. The van der Waals surface area contributed by atoms with Gasteiger partial charge in [0.25, 0.3) is 0 Å². The van der Waals surface area contributed by atoms with Crippen LogP contribution in [0, 0.1) is 6.92 Å². The molecule has 0 atom stereocenters. The van der Waals surface area contributed by atoms with Crippen molar-refractivity contribution in [2.45, 2.75) is 38.8 Å². The lowest BCUT2D eigenvalue weighted by atomic mass is 9.99. The second-order valence-electron chi connectivity index (χ2n) is 3.62.